The molecule has 1 N–H and O–H groups in total. The van der Waals surface area contributed by atoms with Crippen molar-refractivity contribution >= 4 is 46.2 Å². The molecule has 0 atom stereocenters. The summed E-state index contributed by atoms with van der Waals surface area (Å²) in [7, 11) is 0. The van der Waals surface area contributed by atoms with E-state index in [1.54, 1.807) is 36.5 Å². The van der Waals surface area contributed by atoms with Crippen LogP contribution in [0.15, 0.2) is 53.7 Å². The first-order chi connectivity index (χ1) is 11.5. The molecule has 0 radical (unpaired) electrons. The van der Waals surface area contributed by atoms with Gasteiger partial charge in [-0.15, -0.1) is 0 Å². The summed E-state index contributed by atoms with van der Waals surface area (Å²) >= 11 is 6.20. The maximum absolute atomic E-state index is 12.9. The van der Waals surface area contributed by atoms with Crippen LogP contribution in [0.3, 0.4) is 0 Å². The maximum Gasteiger partial charge on any atom is 0.285 e. The van der Waals surface area contributed by atoms with Gasteiger partial charge in [0, 0.05) is 12.4 Å². The van der Waals surface area contributed by atoms with Gasteiger partial charge in [-0.05, 0) is 48.1 Å². The molecule has 2 aromatic rings. The number of amides is 2. The number of carbonyl (C=O) groups is 2. The summed E-state index contributed by atoms with van der Waals surface area (Å²) in [4.78, 5) is 28.7. The Kier molecular flexibility index (Phi) is 4.68. The number of benzene rings is 1. The number of thioether (sulfide) groups is 1. The van der Waals surface area contributed by atoms with Gasteiger partial charge in [-0.1, -0.05) is 23.9 Å². The lowest BCUT2D eigenvalue weighted by Crippen LogP contribution is -2.44. The van der Waals surface area contributed by atoms with Crippen molar-refractivity contribution in [2.45, 2.75) is 0 Å². The van der Waals surface area contributed by atoms with E-state index in [1.165, 1.54) is 18.3 Å². The first-order valence-electron chi connectivity index (χ1n) is 6.79. The number of nitrogens with zero attached hydrogens (tertiary/aromatic N) is 2. The number of aromatic nitrogens is 1. The van der Waals surface area contributed by atoms with Gasteiger partial charge in [-0.25, -0.2) is 4.39 Å². The normalized spacial score (nSPS) is 15.9. The molecule has 3 rings (SSSR count). The van der Waals surface area contributed by atoms with E-state index in [4.69, 9.17) is 12.2 Å². The van der Waals surface area contributed by atoms with Crippen molar-refractivity contribution < 1.29 is 14.0 Å². The van der Waals surface area contributed by atoms with Gasteiger partial charge < -0.3 is 0 Å². The monoisotopic (exact) mass is 359 g/mol. The molecule has 1 aromatic carbocycles. The molecular weight excluding hydrogens is 349 g/mol. The first kappa shape index (κ1) is 16.3. The minimum absolute atomic E-state index is 0.214. The maximum atomic E-state index is 12.9. The molecule has 5 nitrogen and oxygen atoms in total. The molecule has 2 amide bonds. The molecule has 0 saturated carbocycles. The number of pyridine rings is 1. The van der Waals surface area contributed by atoms with Gasteiger partial charge in [0.15, 0.2) is 4.32 Å². The Bertz CT molecular complexity index is 838. The smallest absolute Gasteiger partial charge is 0.267 e. The highest BCUT2D eigenvalue weighted by atomic mass is 32.2. The van der Waals surface area contributed by atoms with Gasteiger partial charge in [0.2, 0.25) is 0 Å². The van der Waals surface area contributed by atoms with Crippen molar-refractivity contribution in [2.24, 2.45) is 0 Å². The molecule has 1 saturated heterocycles. The van der Waals surface area contributed by atoms with Crippen molar-refractivity contribution in [2.75, 3.05) is 0 Å². The largest absolute Gasteiger partial charge is 0.285 e. The summed E-state index contributed by atoms with van der Waals surface area (Å²) in [6, 6.07) is 8.90. The van der Waals surface area contributed by atoms with Gasteiger partial charge in [-0.3, -0.25) is 20.0 Å². The molecule has 1 aliphatic rings. The van der Waals surface area contributed by atoms with Crippen LogP contribution in [0.25, 0.3) is 6.08 Å². The quantitative estimate of drug-likeness (QED) is 0.674. The molecule has 24 heavy (non-hydrogen) atoms. The predicted molar refractivity (Wildman–Crippen MR) is 93.1 cm³/mol. The topological polar surface area (TPSA) is 62.3 Å². The number of hydrogen-bond acceptors (Lipinski definition) is 5. The molecule has 2 heterocycles. The second kappa shape index (κ2) is 6.90. The zero-order chi connectivity index (χ0) is 17.1. The van der Waals surface area contributed by atoms with Gasteiger partial charge in [0.25, 0.3) is 11.8 Å². The third kappa shape index (κ3) is 3.50. The lowest BCUT2D eigenvalue weighted by Gasteiger charge is -2.15. The first-order valence-corrected chi connectivity index (χ1v) is 8.01. The van der Waals surface area contributed by atoms with E-state index >= 15 is 0 Å². The molecule has 0 unspecified atom stereocenters. The molecule has 1 fully saturated rings. The van der Waals surface area contributed by atoms with E-state index in [1.807, 2.05) is 0 Å². The minimum Gasteiger partial charge on any atom is -0.267 e. The Morgan fingerprint density at radius 1 is 1.29 bits per heavy atom. The van der Waals surface area contributed by atoms with Crippen LogP contribution in [-0.2, 0) is 4.79 Å². The van der Waals surface area contributed by atoms with E-state index in [9.17, 15) is 14.0 Å². The number of halogens is 1. The van der Waals surface area contributed by atoms with E-state index in [2.05, 4.69) is 10.4 Å². The summed E-state index contributed by atoms with van der Waals surface area (Å²) in [5.74, 6) is -1.28. The SMILES string of the molecule is O=C(NN1C(=O)/C(=C\c2ccc(F)cc2)SC1=S)c1cccnc1. The average molecular weight is 359 g/mol. The highest BCUT2D eigenvalue weighted by Gasteiger charge is 2.33. The third-order valence-electron chi connectivity index (χ3n) is 3.10. The zero-order valence-corrected chi connectivity index (χ0v) is 13.7. The molecule has 0 aliphatic carbocycles. The fraction of sp³-hybridized carbons (Fsp3) is 0. The van der Waals surface area contributed by atoms with Gasteiger partial charge >= 0.3 is 0 Å². The lowest BCUT2D eigenvalue weighted by atomic mass is 10.2. The fourth-order valence-electron chi connectivity index (χ4n) is 1.94. The van der Waals surface area contributed by atoms with E-state index in [-0.39, 0.29) is 10.1 Å². The van der Waals surface area contributed by atoms with Crippen LogP contribution in [0.5, 0.6) is 0 Å². The second-order valence-electron chi connectivity index (χ2n) is 4.75. The number of hydrazine groups is 1. The third-order valence-corrected chi connectivity index (χ3v) is 4.40. The molecule has 0 spiro atoms. The molecule has 8 heteroatoms. The van der Waals surface area contributed by atoms with E-state index in [0.29, 0.717) is 16.0 Å². The summed E-state index contributed by atoms with van der Waals surface area (Å²) in [5, 5.41) is 1.02. The number of carbonyl (C=O) groups excluding carboxylic acids is 2. The number of nitrogens with one attached hydrogen (secondary N) is 1. The Morgan fingerprint density at radius 2 is 2.04 bits per heavy atom. The van der Waals surface area contributed by atoms with Gasteiger partial charge in [0.1, 0.15) is 5.82 Å². The summed E-state index contributed by atoms with van der Waals surface area (Å²) in [6.45, 7) is 0. The van der Waals surface area contributed by atoms with Crippen LogP contribution in [-0.4, -0.2) is 26.1 Å². The molecule has 1 aromatic heterocycles. The lowest BCUT2D eigenvalue weighted by molar-refractivity contribution is -0.123. The second-order valence-corrected chi connectivity index (χ2v) is 6.43. The zero-order valence-electron chi connectivity index (χ0n) is 12.1. The highest BCUT2D eigenvalue weighted by Crippen LogP contribution is 2.31. The Labute approximate surface area is 146 Å². The van der Waals surface area contributed by atoms with Crippen molar-refractivity contribution in [1.82, 2.24) is 15.4 Å². The highest BCUT2D eigenvalue weighted by molar-refractivity contribution is 8.26. The van der Waals surface area contributed by atoms with Gasteiger partial charge in [0.05, 0.1) is 10.5 Å². The van der Waals surface area contributed by atoms with Crippen molar-refractivity contribution in [3.63, 3.8) is 0 Å². The Morgan fingerprint density at radius 3 is 2.71 bits per heavy atom. The Hall–Kier alpha value is -2.58. The molecule has 0 bridgehead atoms. The van der Waals surface area contributed by atoms with Crippen LogP contribution in [0.4, 0.5) is 4.39 Å². The molecular formula is C16H10FN3O2S2. The van der Waals surface area contributed by atoms with E-state index in [0.717, 1.165) is 16.8 Å². The summed E-state index contributed by atoms with van der Waals surface area (Å²) in [5.41, 5.74) is 3.44. The fourth-order valence-corrected chi connectivity index (χ4v) is 3.12. The van der Waals surface area contributed by atoms with Crippen molar-refractivity contribution in [1.29, 1.82) is 0 Å². The predicted octanol–water partition coefficient (Wildman–Crippen LogP) is 2.77. The molecule has 120 valence electrons. The van der Waals surface area contributed by atoms with Crippen LogP contribution in [0, 0.1) is 5.82 Å². The Balaban J connectivity index is 1.77. The molecule has 1 aliphatic heterocycles. The standard InChI is InChI=1S/C16H10FN3O2S2/c17-12-5-3-10(4-6-12)8-13-15(22)20(16(23)24-13)19-14(21)11-2-1-7-18-9-11/h1-9H,(H,19,21)/b13-8+. The minimum atomic E-state index is -0.484. The van der Waals surface area contributed by atoms with Gasteiger partial charge in [-0.2, -0.15) is 5.01 Å². The summed E-state index contributed by atoms with van der Waals surface area (Å²) < 4.78 is 13.1. The van der Waals surface area contributed by atoms with Crippen LogP contribution >= 0.6 is 24.0 Å². The number of hydrogen-bond donors (Lipinski definition) is 1. The average Bonchev–Trinajstić information content (AvgIpc) is 2.85. The van der Waals surface area contributed by atoms with Crippen LogP contribution in [0.1, 0.15) is 15.9 Å². The van der Waals surface area contributed by atoms with Crippen molar-refractivity contribution in [3.8, 4) is 0 Å². The van der Waals surface area contributed by atoms with E-state index < -0.39 is 11.8 Å². The number of rotatable bonds is 3. The van der Waals surface area contributed by atoms with Crippen LogP contribution in [0.2, 0.25) is 0 Å². The van der Waals surface area contributed by atoms with Crippen LogP contribution < -0.4 is 5.43 Å². The number of thiocarbonyl (C=S) groups is 1. The summed E-state index contributed by atoms with van der Waals surface area (Å²) in [6.07, 6.45) is 4.53. The van der Waals surface area contributed by atoms with Crippen molar-refractivity contribution in [3.05, 3.63) is 70.6 Å².